The molecule has 2 aliphatic rings. The van der Waals surface area contributed by atoms with Crippen molar-refractivity contribution in [1.82, 2.24) is 4.90 Å². The van der Waals surface area contributed by atoms with Crippen molar-refractivity contribution < 1.29 is 14.7 Å². The van der Waals surface area contributed by atoms with Crippen LogP contribution in [-0.2, 0) is 9.59 Å². The zero-order valence-electron chi connectivity index (χ0n) is 11.9. The second kappa shape index (κ2) is 5.81. The van der Waals surface area contributed by atoms with E-state index in [1.54, 1.807) is 12.2 Å². The fourth-order valence-electron chi connectivity index (χ4n) is 3.38. The van der Waals surface area contributed by atoms with Crippen molar-refractivity contribution in [2.24, 2.45) is 17.3 Å². The van der Waals surface area contributed by atoms with Crippen molar-refractivity contribution in [3.63, 3.8) is 0 Å². The highest BCUT2D eigenvalue weighted by Gasteiger charge is 2.59. The van der Waals surface area contributed by atoms with Gasteiger partial charge in [-0.3, -0.25) is 9.59 Å². The molecule has 2 fully saturated rings. The van der Waals surface area contributed by atoms with E-state index in [4.69, 9.17) is 5.11 Å². The minimum atomic E-state index is -0.680. The van der Waals surface area contributed by atoms with E-state index in [0.717, 1.165) is 19.3 Å². The maximum absolute atomic E-state index is 12.4. The number of hydrogen-bond donors (Lipinski definition) is 1. The number of carboxylic acid groups (broad SMARTS) is 1. The molecule has 1 saturated carbocycles. The van der Waals surface area contributed by atoms with Crippen LogP contribution < -0.4 is 0 Å². The van der Waals surface area contributed by atoms with Crippen molar-refractivity contribution in [1.29, 1.82) is 0 Å². The SMILES string of the molecule is C=CCC(CC=C)C(=O)N1CCC2(CC1)CC2C(=O)O. The van der Waals surface area contributed by atoms with Crippen molar-refractivity contribution >= 4 is 11.9 Å². The van der Waals surface area contributed by atoms with E-state index in [-0.39, 0.29) is 23.2 Å². The first-order chi connectivity index (χ1) is 9.54. The molecule has 0 aromatic heterocycles. The Morgan fingerprint density at radius 3 is 2.20 bits per heavy atom. The monoisotopic (exact) mass is 277 g/mol. The molecule has 1 N–H and O–H groups in total. The summed E-state index contributed by atoms with van der Waals surface area (Å²) in [7, 11) is 0. The van der Waals surface area contributed by atoms with Gasteiger partial charge in [0.2, 0.25) is 5.91 Å². The van der Waals surface area contributed by atoms with E-state index in [1.807, 2.05) is 4.90 Å². The first-order valence-electron chi connectivity index (χ1n) is 7.27. The van der Waals surface area contributed by atoms with Gasteiger partial charge in [0.1, 0.15) is 0 Å². The number of aliphatic carboxylic acids is 1. The maximum Gasteiger partial charge on any atom is 0.307 e. The van der Waals surface area contributed by atoms with Crippen LogP contribution in [0.2, 0.25) is 0 Å². The van der Waals surface area contributed by atoms with Crippen LogP contribution in [0.1, 0.15) is 32.1 Å². The van der Waals surface area contributed by atoms with Crippen LogP contribution in [0.25, 0.3) is 0 Å². The predicted octanol–water partition coefficient (Wildman–Crippen LogP) is 2.47. The Kier molecular flexibility index (Phi) is 4.31. The second-order valence-corrected chi connectivity index (χ2v) is 6.03. The van der Waals surface area contributed by atoms with E-state index in [9.17, 15) is 9.59 Å². The first-order valence-corrected chi connectivity index (χ1v) is 7.27. The van der Waals surface area contributed by atoms with Gasteiger partial charge in [-0.15, -0.1) is 13.2 Å². The van der Waals surface area contributed by atoms with Crippen LogP contribution in [0.3, 0.4) is 0 Å². The molecule has 2 rings (SSSR count). The van der Waals surface area contributed by atoms with E-state index in [2.05, 4.69) is 13.2 Å². The lowest BCUT2D eigenvalue weighted by atomic mass is 9.89. The lowest BCUT2D eigenvalue weighted by Crippen LogP contribution is -2.42. The van der Waals surface area contributed by atoms with Gasteiger partial charge in [-0.25, -0.2) is 0 Å². The molecule has 1 aliphatic carbocycles. The highest BCUT2D eigenvalue weighted by molar-refractivity contribution is 5.79. The molecule has 1 atom stereocenters. The van der Waals surface area contributed by atoms with Crippen molar-refractivity contribution in [3.05, 3.63) is 25.3 Å². The zero-order valence-corrected chi connectivity index (χ0v) is 11.9. The minimum absolute atomic E-state index is 0.0189. The van der Waals surface area contributed by atoms with Crippen LogP contribution in [0.5, 0.6) is 0 Å². The zero-order chi connectivity index (χ0) is 14.8. The molecule has 20 heavy (non-hydrogen) atoms. The van der Waals surface area contributed by atoms with Crippen LogP contribution in [0.15, 0.2) is 25.3 Å². The molecule has 110 valence electrons. The minimum Gasteiger partial charge on any atom is -0.481 e. The molecule has 0 aromatic rings. The maximum atomic E-state index is 12.4. The summed E-state index contributed by atoms with van der Waals surface area (Å²) >= 11 is 0. The van der Waals surface area contributed by atoms with E-state index in [0.29, 0.717) is 25.9 Å². The lowest BCUT2D eigenvalue weighted by molar-refractivity contribution is -0.140. The fourth-order valence-corrected chi connectivity index (χ4v) is 3.38. The van der Waals surface area contributed by atoms with Crippen LogP contribution >= 0.6 is 0 Å². The topological polar surface area (TPSA) is 57.6 Å². The van der Waals surface area contributed by atoms with Crippen molar-refractivity contribution in [3.8, 4) is 0 Å². The molecular weight excluding hydrogens is 254 g/mol. The molecule has 1 unspecified atom stereocenters. The molecular formula is C16H23NO3. The van der Waals surface area contributed by atoms with Gasteiger partial charge in [0.25, 0.3) is 0 Å². The van der Waals surface area contributed by atoms with Crippen LogP contribution in [-0.4, -0.2) is 35.0 Å². The summed E-state index contributed by atoms with van der Waals surface area (Å²) in [6.45, 7) is 8.78. The van der Waals surface area contributed by atoms with Gasteiger partial charge in [0, 0.05) is 19.0 Å². The molecule has 1 amide bonds. The summed E-state index contributed by atoms with van der Waals surface area (Å²) in [6.07, 6.45) is 7.33. The smallest absolute Gasteiger partial charge is 0.307 e. The third-order valence-corrected chi connectivity index (χ3v) is 4.81. The van der Waals surface area contributed by atoms with Gasteiger partial charge in [0.15, 0.2) is 0 Å². The Morgan fingerprint density at radius 1 is 1.25 bits per heavy atom. The Bertz CT molecular complexity index is 411. The number of carbonyl (C=O) groups is 2. The summed E-state index contributed by atoms with van der Waals surface area (Å²) in [5.41, 5.74) is -0.0189. The number of allylic oxidation sites excluding steroid dienone is 2. The average Bonchev–Trinajstić information content (AvgIpc) is 3.13. The van der Waals surface area contributed by atoms with Gasteiger partial charge < -0.3 is 10.0 Å². The largest absolute Gasteiger partial charge is 0.481 e. The summed E-state index contributed by atoms with van der Waals surface area (Å²) in [4.78, 5) is 25.4. The van der Waals surface area contributed by atoms with E-state index in [1.165, 1.54) is 0 Å². The fraction of sp³-hybridized carbons (Fsp3) is 0.625. The Morgan fingerprint density at radius 2 is 1.80 bits per heavy atom. The normalized spacial score (nSPS) is 23.6. The molecule has 0 radical (unpaired) electrons. The average molecular weight is 277 g/mol. The number of carboxylic acids is 1. The van der Waals surface area contributed by atoms with Crippen LogP contribution in [0, 0.1) is 17.3 Å². The highest BCUT2D eigenvalue weighted by atomic mass is 16.4. The number of likely N-dealkylation sites (tertiary alicyclic amines) is 1. The summed E-state index contributed by atoms with van der Waals surface area (Å²) in [5, 5.41) is 9.07. The summed E-state index contributed by atoms with van der Waals surface area (Å²) in [6, 6.07) is 0. The number of carbonyl (C=O) groups excluding carboxylic acids is 1. The third-order valence-electron chi connectivity index (χ3n) is 4.81. The number of piperidine rings is 1. The molecule has 4 nitrogen and oxygen atoms in total. The highest BCUT2D eigenvalue weighted by Crippen LogP contribution is 2.59. The standard InChI is InChI=1S/C16H23NO3/c1-3-5-12(6-4-2)14(18)17-9-7-16(8-10-17)11-13(16)15(19)20/h3-4,12-13H,1-2,5-11H2,(H,19,20). The number of rotatable bonds is 6. The quantitative estimate of drug-likeness (QED) is 0.759. The van der Waals surface area contributed by atoms with Gasteiger partial charge in [0.05, 0.1) is 5.92 Å². The Hall–Kier alpha value is -1.58. The third kappa shape index (κ3) is 2.79. The number of hydrogen-bond acceptors (Lipinski definition) is 2. The van der Waals surface area contributed by atoms with Crippen LogP contribution in [0.4, 0.5) is 0 Å². The first kappa shape index (κ1) is 14.8. The lowest BCUT2D eigenvalue weighted by Gasteiger charge is -2.34. The van der Waals surface area contributed by atoms with E-state index >= 15 is 0 Å². The summed E-state index contributed by atoms with van der Waals surface area (Å²) < 4.78 is 0. The second-order valence-electron chi connectivity index (χ2n) is 6.03. The van der Waals surface area contributed by atoms with Crippen molar-refractivity contribution in [2.45, 2.75) is 32.1 Å². The molecule has 1 spiro atoms. The van der Waals surface area contributed by atoms with Gasteiger partial charge in [-0.2, -0.15) is 0 Å². The predicted molar refractivity (Wildman–Crippen MR) is 77.1 cm³/mol. The van der Waals surface area contributed by atoms with Crippen molar-refractivity contribution in [2.75, 3.05) is 13.1 Å². The Balaban J connectivity index is 1.90. The number of amides is 1. The van der Waals surface area contributed by atoms with Gasteiger partial charge in [-0.05, 0) is 37.5 Å². The molecule has 1 heterocycles. The van der Waals surface area contributed by atoms with Gasteiger partial charge >= 0.3 is 5.97 Å². The number of nitrogens with zero attached hydrogens (tertiary/aromatic N) is 1. The molecule has 0 bridgehead atoms. The molecule has 0 aromatic carbocycles. The van der Waals surface area contributed by atoms with Gasteiger partial charge in [-0.1, -0.05) is 12.2 Å². The summed E-state index contributed by atoms with van der Waals surface area (Å²) in [5.74, 6) is -0.765. The molecule has 1 saturated heterocycles. The Labute approximate surface area is 120 Å². The van der Waals surface area contributed by atoms with E-state index < -0.39 is 5.97 Å². The molecule has 4 heteroatoms. The molecule has 1 aliphatic heterocycles.